The molecule has 1 unspecified atom stereocenters. The molecular formula is C17H21N7. The molecule has 3 aromatic heterocycles. The smallest absolute Gasteiger partial charge is 0.200 e. The highest BCUT2D eigenvalue weighted by Gasteiger charge is 2.31. The van der Waals surface area contributed by atoms with Crippen LogP contribution in [0.5, 0.6) is 0 Å². The van der Waals surface area contributed by atoms with Crippen LogP contribution in [0.4, 0.5) is 5.69 Å². The molecule has 1 atom stereocenters. The number of hydrogen-bond donors (Lipinski definition) is 0. The number of rotatable bonds is 3. The van der Waals surface area contributed by atoms with Gasteiger partial charge in [0, 0.05) is 24.7 Å². The fraction of sp³-hybridized carbons (Fsp3) is 0.529. The molecular weight excluding hydrogens is 302 g/mol. The minimum Gasteiger partial charge on any atom is -0.366 e. The van der Waals surface area contributed by atoms with Crippen molar-refractivity contribution < 1.29 is 0 Å². The lowest BCUT2D eigenvalue weighted by molar-refractivity contribution is 0.481. The van der Waals surface area contributed by atoms with Gasteiger partial charge in [-0.3, -0.25) is 4.68 Å². The normalized spacial score (nSPS) is 21.1. The Hall–Kier alpha value is -2.44. The molecule has 0 aromatic carbocycles. The Balaban J connectivity index is 1.50. The van der Waals surface area contributed by atoms with Gasteiger partial charge < -0.3 is 4.90 Å². The summed E-state index contributed by atoms with van der Waals surface area (Å²) in [5.74, 6) is 0.616. The van der Waals surface area contributed by atoms with Crippen molar-refractivity contribution in [2.75, 3.05) is 18.0 Å². The van der Waals surface area contributed by atoms with Crippen molar-refractivity contribution >= 4 is 11.3 Å². The van der Waals surface area contributed by atoms with E-state index in [1.165, 1.54) is 24.2 Å². The summed E-state index contributed by atoms with van der Waals surface area (Å²) < 4.78 is 4.01. The second-order valence-electron chi connectivity index (χ2n) is 7.09. The van der Waals surface area contributed by atoms with Gasteiger partial charge in [-0.25, -0.2) is 0 Å². The number of anilines is 1. The number of aryl methyl sites for hydroxylation is 2. The molecule has 2 aliphatic rings. The van der Waals surface area contributed by atoms with E-state index in [0.717, 1.165) is 36.5 Å². The van der Waals surface area contributed by atoms with Crippen molar-refractivity contribution in [1.29, 1.82) is 0 Å². The summed E-state index contributed by atoms with van der Waals surface area (Å²) in [7, 11) is 0. The molecule has 3 aromatic rings. The Morgan fingerprint density at radius 1 is 1.08 bits per heavy atom. The lowest BCUT2D eigenvalue weighted by Crippen LogP contribution is -2.23. The third-order valence-electron chi connectivity index (χ3n) is 5.16. The van der Waals surface area contributed by atoms with E-state index in [1.807, 2.05) is 4.52 Å². The minimum absolute atomic E-state index is 0.416. The summed E-state index contributed by atoms with van der Waals surface area (Å²) in [6.07, 6.45) is 5.30. The number of hydrogen-bond acceptors (Lipinski definition) is 5. The second-order valence-corrected chi connectivity index (χ2v) is 7.09. The summed E-state index contributed by atoms with van der Waals surface area (Å²) >= 11 is 0. The monoisotopic (exact) mass is 323 g/mol. The van der Waals surface area contributed by atoms with E-state index in [-0.39, 0.29) is 0 Å². The van der Waals surface area contributed by atoms with Crippen molar-refractivity contribution in [1.82, 2.24) is 29.6 Å². The van der Waals surface area contributed by atoms with Crippen LogP contribution in [-0.4, -0.2) is 42.7 Å². The molecule has 0 bridgehead atoms. The average Bonchev–Trinajstić information content (AvgIpc) is 2.97. The van der Waals surface area contributed by atoms with Crippen LogP contribution in [0, 0.1) is 13.8 Å². The molecule has 7 nitrogen and oxygen atoms in total. The molecule has 7 heteroatoms. The van der Waals surface area contributed by atoms with Crippen molar-refractivity contribution in [2.45, 2.75) is 45.1 Å². The van der Waals surface area contributed by atoms with E-state index in [4.69, 9.17) is 0 Å². The number of nitrogens with zero attached hydrogens (tertiary/aromatic N) is 7. The van der Waals surface area contributed by atoms with Crippen LogP contribution < -0.4 is 4.90 Å². The van der Waals surface area contributed by atoms with Crippen LogP contribution in [-0.2, 0) is 0 Å². The highest BCUT2D eigenvalue weighted by molar-refractivity contribution is 5.69. The van der Waals surface area contributed by atoms with E-state index in [1.54, 1.807) is 6.33 Å². The molecule has 1 saturated heterocycles. The van der Waals surface area contributed by atoms with E-state index >= 15 is 0 Å². The van der Waals surface area contributed by atoms with E-state index in [0.29, 0.717) is 12.0 Å². The highest BCUT2D eigenvalue weighted by atomic mass is 15.4. The van der Waals surface area contributed by atoms with Crippen molar-refractivity contribution in [3.8, 4) is 0 Å². The first-order valence-electron chi connectivity index (χ1n) is 8.68. The Labute approximate surface area is 140 Å². The first-order valence-corrected chi connectivity index (χ1v) is 8.68. The van der Waals surface area contributed by atoms with Crippen molar-refractivity contribution in [2.24, 2.45) is 0 Å². The maximum absolute atomic E-state index is 4.67. The van der Waals surface area contributed by atoms with Crippen LogP contribution in [0.2, 0.25) is 0 Å². The topological polar surface area (TPSA) is 64.1 Å². The zero-order valence-electron chi connectivity index (χ0n) is 14.1. The molecule has 0 radical (unpaired) electrons. The van der Waals surface area contributed by atoms with Crippen LogP contribution in [0.3, 0.4) is 0 Å². The molecule has 1 aliphatic heterocycles. The van der Waals surface area contributed by atoms with Gasteiger partial charge in [-0.05, 0) is 45.2 Å². The zero-order chi connectivity index (χ0) is 16.3. The Kier molecular flexibility index (Phi) is 2.92. The van der Waals surface area contributed by atoms with E-state index in [9.17, 15) is 0 Å². The van der Waals surface area contributed by atoms with Gasteiger partial charge >= 0.3 is 0 Å². The molecule has 5 rings (SSSR count). The standard InChI is InChI=1S/C17H21N7/c1-11-7-12(2)24(20-11)14-5-6-22(9-14)16-8-15(13-3-4-13)21-23-10-18-19-17(16)23/h7-8,10,13-14H,3-6,9H2,1-2H3. The second kappa shape index (κ2) is 5.03. The first-order chi connectivity index (χ1) is 11.7. The summed E-state index contributed by atoms with van der Waals surface area (Å²) in [5, 5.41) is 17.7. The van der Waals surface area contributed by atoms with Crippen LogP contribution in [0.15, 0.2) is 18.5 Å². The molecule has 24 heavy (non-hydrogen) atoms. The van der Waals surface area contributed by atoms with Gasteiger partial charge in [0.25, 0.3) is 0 Å². The Morgan fingerprint density at radius 2 is 1.96 bits per heavy atom. The highest BCUT2D eigenvalue weighted by Crippen LogP contribution is 2.41. The maximum Gasteiger partial charge on any atom is 0.200 e. The van der Waals surface area contributed by atoms with Gasteiger partial charge in [-0.2, -0.15) is 14.7 Å². The van der Waals surface area contributed by atoms with Crippen molar-refractivity contribution in [3.63, 3.8) is 0 Å². The third-order valence-corrected chi connectivity index (χ3v) is 5.16. The molecule has 0 amide bonds. The lowest BCUT2D eigenvalue weighted by atomic mass is 10.2. The first kappa shape index (κ1) is 13.9. The largest absolute Gasteiger partial charge is 0.366 e. The van der Waals surface area contributed by atoms with Gasteiger partial charge in [0.15, 0.2) is 0 Å². The van der Waals surface area contributed by atoms with Crippen LogP contribution >= 0.6 is 0 Å². The molecule has 124 valence electrons. The quantitative estimate of drug-likeness (QED) is 0.740. The van der Waals surface area contributed by atoms with E-state index in [2.05, 4.69) is 56.0 Å². The summed E-state index contributed by atoms with van der Waals surface area (Å²) in [6.45, 7) is 6.16. The fourth-order valence-corrected chi connectivity index (χ4v) is 3.82. The fourth-order valence-electron chi connectivity index (χ4n) is 3.82. The van der Waals surface area contributed by atoms with E-state index < -0.39 is 0 Å². The third kappa shape index (κ3) is 2.18. The lowest BCUT2D eigenvalue weighted by Gasteiger charge is -2.20. The van der Waals surface area contributed by atoms with Crippen molar-refractivity contribution in [3.05, 3.63) is 35.5 Å². The Bertz CT molecular complexity index is 905. The maximum atomic E-state index is 4.67. The molecule has 1 saturated carbocycles. The number of aromatic nitrogens is 6. The summed E-state index contributed by atoms with van der Waals surface area (Å²) in [4.78, 5) is 2.42. The molecule has 0 spiro atoms. The summed E-state index contributed by atoms with van der Waals surface area (Å²) in [6, 6.07) is 4.79. The SMILES string of the molecule is Cc1cc(C)n(C2CCN(c3cc(C4CC4)nn4cnnc34)C2)n1. The molecule has 1 aliphatic carbocycles. The predicted molar refractivity (Wildman–Crippen MR) is 90.3 cm³/mol. The molecule has 0 N–H and O–H groups in total. The van der Waals surface area contributed by atoms with Gasteiger partial charge in [0.05, 0.1) is 23.1 Å². The van der Waals surface area contributed by atoms with Gasteiger partial charge in [-0.1, -0.05) is 0 Å². The van der Waals surface area contributed by atoms with Gasteiger partial charge in [0.2, 0.25) is 5.65 Å². The average molecular weight is 323 g/mol. The number of fused-ring (bicyclic) bond motifs is 1. The van der Waals surface area contributed by atoms with Crippen LogP contribution in [0.25, 0.3) is 5.65 Å². The van der Waals surface area contributed by atoms with Gasteiger partial charge in [0.1, 0.15) is 6.33 Å². The minimum atomic E-state index is 0.416. The summed E-state index contributed by atoms with van der Waals surface area (Å²) in [5.41, 5.74) is 5.51. The Morgan fingerprint density at radius 3 is 2.71 bits per heavy atom. The zero-order valence-corrected chi connectivity index (χ0v) is 14.1. The molecule has 4 heterocycles. The molecule has 2 fully saturated rings. The van der Waals surface area contributed by atoms with Crippen LogP contribution in [0.1, 0.15) is 48.3 Å². The van der Waals surface area contributed by atoms with Gasteiger partial charge in [-0.15, -0.1) is 10.2 Å². The predicted octanol–water partition coefficient (Wildman–Crippen LogP) is 2.27.